The maximum Gasteiger partial charge on any atom is 0.0217 e. The van der Waals surface area contributed by atoms with Gasteiger partial charge in [-0.25, -0.2) is 0 Å². The van der Waals surface area contributed by atoms with Crippen molar-refractivity contribution in [2.45, 2.75) is 69.2 Å². The third-order valence-corrected chi connectivity index (χ3v) is 8.65. The lowest BCUT2D eigenvalue weighted by atomic mass is 9.52. The number of aryl methyl sites for hydroxylation is 1. The van der Waals surface area contributed by atoms with Gasteiger partial charge in [-0.1, -0.05) is 24.3 Å². The van der Waals surface area contributed by atoms with Crippen LogP contribution in [0.3, 0.4) is 0 Å². The summed E-state index contributed by atoms with van der Waals surface area (Å²) in [6, 6.07) is 9.33. The molecule has 0 amide bonds. The van der Waals surface area contributed by atoms with Crippen LogP contribution in [0.15, 0.2) is 24.3 Å². The van der Waals surface area contributed by atoms with Crippen molar-refractivity contribution in [1.29, 1.82) is 0 Å². The Bertz CT molecular complexity index is 612. The van der Waals surface area contributed by atoms with Crippen LogP contribution in [-0.2, 0) is 6.42 Å². The molecule has 128 valence electrons. The number of fused-ring (bicyclic) bond motifs is 3. The van der Waals surface area contributed by atoms with Gasteiger partial charge < -0.3 is 0 Å². The van der Waals surface area contributed by atoms with Crippen LogP contribution in [0.2, 0.25) is 0 Å². The maximum absolute atomic E-state index is 3.03. The van der Waals surface area contributed by atoms with Gasteiger partial charge in [-0.05, 0) is 105 Å². The van der Waals surface area contributed by atoms with Gasteiger partial charge >= 0.3 is 0 Å². The Balaban J connectivity index is 1.27. The molecule has 1 heterocycles. The van der Waals surface area contributed by atoms with Crippen molar-refractivity contribution < 1.29 is 0 Å². The molecule has 1 aromatic rings. The molecule has 5 aliphatic carbocycles. The molecule has 4 saturated carbocycles. The van der Waals surface area contributed by atoms with Crippen LogP contribution in [0.4, 0.5) is 0 Å². The Hall–Kier alpha value is -0.820. The molecule has 4 bridgehead atoms. The first-order valence-electron chi connectivity index (χ1n) is 10.6. The van der Waals surface area contributed by atoms with E-state index >= 15 is 0 Å². The third kappa shape index (κ3) is 2.03. The molecule has 24 heavy (non-hydrogen) atoms. The molecule has 1 heteroatoms. The maximum atomic E-state index is 3.03. The number of rotatable bonds is 1. The van der Waals surface area contributed by atoms with Gasteiger partial charge in [0, 0.05) is 12.1 Å². The fraction of sp³-hybridized carbons (Fsp3) is 0.739. The van der Waals surface area contributed by atoms with Crippen LogP contribution in [0.25, 0.3) is 0 Å². The van der Waals surface area contributed by atoms with E-state index in [1.54, 1.807) is 49.7 Å². The smallest absolute Gasteiger partial charge is 0.0217 e. The van der Waals surface area contributed by atoms with Crippen molar-refractivity contribution >= 4 is 0 Å². The second kappa shape index (κ2) is 5.10. The minimum atomic E-state index is 0.636. The van der Waals surface area contributed by atoms with Gasteiger partial charge in [0.1, 0.15) is 0 Å². The quantitative estimate of drug-likeness (QED) is 0.703. The zero-order chi connectivity index (χ0) is 15.7. The lowest BCUT2D eigenvalue weighted by Crippen LogP contribution is -2.62. The van der Waals surface area contributed by atoms with E-state index < -0.39 is 0 Å². The molecule has 2 atom stereocenters. The Morgan fingerprint density at radius 3 is 2.33 bits per heavy atom. The normalized spacial score (nSPS) is 46.6. The molecule has 1 nitrogen and oxygen atoms in total. The number of hydrogen-bond acceptors (Lipinski definition) is 1. The Labute approximate surface area is 146 Å². The molecule has 0 N–H and O–H groups in total. The van der Waals surface area contributed by atoms with Gasteiger partial charge in [0.05, 0.1) is 0 Å². The molecular formula is C23H31N. The molecule has 1 saturated heterocycles. The van der Waals surface area contributed by atoms with Crippen LogP contribution < -0.4 is 0 Å². The molecule has 5 fully saturated rings. The van der Waals surface area contributed by atoms with Crippen LogP contribution in [-0.4, -0.2) is 23.5 Å². The summed E-state index contributed by atoms with van der Waals surface area (Å²) < 4.78 is 0. The summed E-state index contributed by atoms with van der Waals surface area (Å²) in [4.78, 5) is 3.03. The van der Waals surface area contributed by atoms with E-state index in [0.29, 0.717) is 5.54 Å². The molecule has 6 aliphatic rings. The standard InChI is InChI=1S/C23H31N/c1-2-4-21-19(3-1)5-6-20-15-24(8-7-22(20)21)23-12-16-9-17(13-23)11-18(10-16)14-23/h1-4,16-18,20,22H,5-15H2/t16?,17?,18?,20-,22-,23?/m1/s1. The fourth-order valence-electron chi connectivity index (χ4n) is 8.08. The van der Waals surface area contributed by atoms with Gasteiger partial charge in [0.2, 0.25) is 0 Å². The topological polar surface area (TPSA) is 3.24 Å². The highest BCUT2D eigenvalue weighted by Crippen LogP contribution is 2.59. The first-order valence-corrected chi connectivity index (χ1v) is 10.6. The van der Waals surface area contributed by atoms with Crippen LogP contribution in [0.5, 0.6) is 0 Å². The lowest BCUT2D eigenvalue weighted by Gasteiger charge is -2.62. The van der Waals surface area contributed by atoms with Crippen molar-refractivity contribution in [1.82, 2.24) is 4.90 Å². The molecule has 0 unspecified atom stereocenters. The molecule has 0 radical (unpaired) electrons. The van der Waals surface area contributed by atoms with Gasteiger partial charge in [-0.2, -0.15) is 0 Å². The number of nitrogens with zero attached hydrogens (tertiary/aromatic N) is 1. The van der Waals surface area contributed by atoms with Gasteiger partial charge in [-0.3, -0.25) is 4.90 Å². The van der Waals surface area contributed by atoms with Crippen molar-refractivity contribution in [3.8, 4) is 0 Å². The SMILES string of the molecule is c1ccc2c(c1)CC[C@@H]1CN(C34CC5CC(CC(C5)C3)C4)CC[C@@H]21. The zero-order valence-electron chi connectivity index (χ0n) is 14.9. The van der Waals surface area contributed by atoms with Crippen LogP contribution >= 0.6 is 0 Å². The third-order valence-electron chi connectivity index (χ3n) is 8.65. The van der Waals surface area contributed by atoms with E-state index in [-0.39, 0.29) is 0 Å². The predicted octanol–water partition coefficient (Wildman–Crippen LogP) is 5.01. The van der Waals surface area contributed by atoms with E-state index in [9.17, 15) is 0 Å². The largest absolute Gasteiger partial charge is 0.297 e. The molecular weight excluding hydrogens is 290 g/mol. The number of benzene rings is 1. The summed E-state index contributed by atoms with van der Waals surface area (Å²) in [6.45, 7) is 2.78. The van der Waals surface area contributed by atoms with Gasteiger partial charge in [0.15, 0.2) is 0 Å². The van der Waals surface area contributed by atoms with E-state index in [0.717, 1.165) is 29.6 Å². The Kier molecular flexibility index (Phi) is 3.05. The average Bonchev–Trinajstić information content (AvgIpc) is 2.60. The first-order chi connectivity index (χ1) is 11.8. The summed E-state index contributed by atoms with van der Waals surface area (Å²) in [5, 5.41) is 0. The minimum Gasteiger partial charge on any atom is -0.297 e. The van der Waals surface area contributed by atoms with Crippen molar-refractivity contribution in [2.24, 2.45) is 23.7 Å². The number of piperidine rings is 1. The highest BCUT2D eigenvalue weighted by Gasteiger charge is 2.54. The average molecular weight is 322 g/mol. The number of likely N-dealkylation sites (tertiary alicyclic amines) is 1. The van der Waals surface area contributed by atoms with E-state index in [4.69, 9.17) is 0 Å². The molecule has 7 rings (SSSR count). The molecule has 0 aromatic heterocycles. The van der Waals surface area contributed by atoms with E-state index in [1.807, 2.05) is 0 Å². The van der Waals surface area contributed by atoms with E-state index in [2.05, 4.69) is 29.2 Å². The first kappa shape index (κ1) is 14.4. The monoisotopic (exact) mass is 321 g/mol. The van der Waals surface area contributed by atoms with Gasteiger partial charge in [-0.15, -0.1) is 0 Å². The predicted molar refractivity (Wildman–Crippen MR) is 98.1 cm³/mol. The second-order valence-corrected chi connectivity index (χ2v) is 9.98. The second-order valence-electron chi connectivity index (χ2n) is 9.98. The van der Waals surface area contributed by atoms with Crippen LogP contribution in [0.1, 0.15) is 68.4 Å². The highest BCUT2D eigenvalue weighted by atomic mass is 15.2. The summed E-state index contributed by atoms with van der Waals surface area (Å²) in [5.74, 6) is 5.05. The van der Waals surface area contributed by atoms with Crippen molar-refractivity contribution in [3.63, 3.8) is 0 Å². The Morgan fingerprint density at radius 2 is 1.58 bits per heavy atom. The highest BCUT2D eigenvalue weighted by molar-refractivity contribution is 5.34. The summed E-state index contributed by atoms with van der Waals surface area (Å²) in [7, 11) is 0. The summed E-state index contributed by atoms with van der Waals surface area (Å²) >= 11 is 0. The molecule has 1 aliphatic heterocycles. The molecule has 1 aromatic carbocycles. The fourth-order valence-corrected chi connectivity index (χ4v) is 8.08. The lowest BCUT2D eigenvalue weighted by molar-refractivity contribution is -0.104. The Morgan fingerprint density at radius 1 is 0.875 bits per heavy atom. The number of hydrogen-bond donors (Lipinski definition) is 0. The molecule has 0 spiro atoms. The van der Waals surface area contributed by atoms with E-state index in [1.165, 1.54) is 32.4 Å². The van der Waals surface area contributed by atoms with Crippen molar-refractivity contribution in [2.75, 3.05) is 13.1 Å². The summed E-state index contributed by atoms with van der Waals surface area (Å²) in [6.07, 6.45) is 13.6. The van der Waals surface area contributed by atoms with Crippen LogP contribution in [0, 0.1) is 23.7 Å². The minimum absolute atomic E-state index is 0.636. The zero-order valence-corrected chi connectivity index (χ0v) is 14.9. The van der Waals surface area contributed by atoms with Gasteiger partial charge in [0.25, 0.3) is 0 Å². The summed E-state index contributed by atoms with van der Waals surface area (Å²) in [5.41, 5.74) is 4.00. The van der Waals surface area contributed by atoms with Crippen molar-refractivity contribution in [3.05, 3.63) is 35.4 Å².